The van der Waals surface area contributed by atoms with Crippen LogP contribution < -0.4 is 11.1 Å². The number of hydrogen-bond acceptors (Lipinski definition) is 3. The Morgan fingerprint density at radius 3 is 3.00 bits per heavy atom. The summed E-state index contributed by atoms with van der Waals surface area (Å²) in [6.07, 6.45) is 0. The van der Waals surface area contributed by atoms with Crippen molar-refractivity contribution in [2.24, 2.45) is 5.73 Å². The van der Waals surface area contributed by atoms with E-state index in [-0.39, 0.29) is 11.7 Å². The fourth-order valence-electron chi connectivity index (χ4n) is 1.54. The molecule has 5 nitrogen and oxygen atoms in total. The van der Waals surface area contributed by atoms with Gasteiger partial charge in [-0.25, -0.2) is 0 Å². The zero-order chi connectivity index (χ0) is 11.5. The van der Waals surface area contributed by atoms with Gasteiger partial charge in [-0.1, -0.05) is 12.1 Å². The molecule has 5 N–H and O–H groups in total. The van der Waals surface area contributed by atoms with E-state index >= 15 is 0 Å². The molecule has 0 radical (unpaired) electrons. The van der Waals surface area contributed by atoms with E-state index in [1.165, 1.54) is 0 Å². The molecule has 1 heterocycles. The molecule has 0 aliphatic heterocycles. The fourth-order valence-corrected chi connectivity index (χ4v) is 1.54. The Kier molecular flexibility index (Phi) is 2.78. The van der Waals surface area contributed by atoms with Gasteiger partial charge in [0, 0.05) is 18.5 Å². The molecule has 2 aromatic rings. The summed E-state index contributed by atoms with van der Waals surface area (Å²) >= 11 is 0. The number of phenols is 1. The SMILES string of the molecule is NCCNC(=O)c1cc2cccc(O)c2[nH]1. The van der Waals surface area contributed by atoms with E-state index in [1.807, 2.05) is 6.07 Å². The van der Waals surface area contributed by atoms with Crippen LogP contribution in [0.25, 0.3) is 10.9 Å². The highest BCUT2D eigenvalue weighted by Gasteiger charge is 2.10. The van der Waals surface area contributed by atoms with E-state index in [4.69, 9.17) is 5.73 Å². The highest BCUT2D eigenvalue weighted by atomic mass is 16.3. The standard InChI is InChI=1S/C11H13N3O2/c12-4-5-13-11(16)8-6-7-2-1-3-9(15)10(7)14-8/h1-3,6,14-15H,4-5,12H2,(H,13,16). The van der Waals surface area contributed by atoms with Gasteiger partial charge in [-0.3, -0.25) is 4.79 Å². The lowest BCUT2D eigenvalue weighted by atomic mass is 10.2. The summed E-state index contributed by atoms with van der Waals surface area (Å²) in [4.78, 5) is 14.5. The molecular formula is C11H13N3O2. The summed E-state index contributed by atoms with van der Waals surface area (Å²) in [6, 6.07) is 6.82. The van der Waals surface area contributed by atoms with E-state index in [1.54, 1.807) is 18.2 Å². The van der Waals surface area contributed by atoms with E-state index in [9.17, 15) is 9.90 Å². The van der Waals surface area contributed by atoms with Gasteiger partial charge in [-0.15, -0.1) is 0 Å². The van der Waals surface area contributed by atoms with Crippen molar-refractivity contribution in [3.05, 3.63) is 30.0 Å². The molecule has 1 aromatic carbocycles. The van der Waals surface area contributed by atoms with Crippen LogP contribution in [0.5, 0.6) is 5.75 Å². The molecule has 0 unspecified atom stereocenters. The van der Waals surface area contributed by atoms with E-state index in [0.29, 0.717) is 24.3 Å². The Morgan fingerprint density at radius 1 is 1.50 bits per heavy atom. The number of para-hydroxylation sites is 1. The largest absolute Gasteiger partial charge is 0.506 e. The van der Waals surface area contributed by atoms with Crippen molar-refractivity contribution in [2.75, 3.05) is 13.1 Å². The molecule has 2 rings (SSSR count). The number of amides is 1. The lowest BCUT2D eigenvalue weighted by Crippen LogP contribution is -2.29. The molecule has 0 aliphatic rings. The first-order valence-electron chi connectivity index (χ1n) is 5.01. The fraction of sp³-hybridized carbons (Fsp3) is 0.182. The van der Waals surface area contributed by atoms with Gasteiger partial charge in [-0.05, 0) is 12.1 Å². The Bertz CT molecular complexity index is 519. The lowest BCUT2D eigenvalue weighted by Gasteiger charge is -1.99. The third-order valence-electron chi connectivity index (χ3n) is 2.31. The maximum absolute atomic E-state index is 11.6. The predicted octanol–water partition coefficient (Wildman–Crippen LogP) is 0.562. The summed E-state index contributed by atoms with van der Waals surface area (Å²) in [5.74, 6) is -0.0866. The molecule has 84 valence electrons. The smallest absolute Gasteiger partial charge is 0.267 e. The summed E-state index contributed by atoms with van der Waals surface area (Å²) in [5, 5.41) is 13.0. The number of benzene rings is 1. The van der Waals surface area contributed by atoms with Crippen molar-refractivity contribution < 1.29 is 9.90 Å². The third-order valence-corrected chi connectivity index (χ3v) is 2.31. The molecule has 1 amide bonds. The minimum atomic E-state index is -0.221. The number of nitrogens with two attached hydrogens (primary N) is 1. The molecular weight excluding hydrogens is 206 g/mol. The van der Waals surface area contributed by atoms with Crippen LogP contribution in [0.2, 0.25) is 0 Å². The quantitative estimate of drug-likeness (QED) is 0.608. The second-order valence-corrected chi connectivity index (χ2v) is 3.47. The molecule has 0 fully saturated rings. The van der Waals surface area contributed by atoms with Gasteiger partial charge >= 0.3 is 0 Å². The molecule has 16 heavy (non-hydrogen) atoms. The minimum absolute atomic E-state index is 0.135. The number of aromatic hydroxyl groups is 1. The number of carbonyl (C=O) groups excluding carboxylic acids is 1. The number of carbonyl (C=O) groups is 1. The molecule has 0 saturated carbocycles. The molecule has 1 aromatic heterocycles. The number of H-pyrrole nitrogens is 1. The molecule has 5 heteroatoms. The Balaban J connectivity index is 2.32. The summed E-state index contributed by atoms with van der Waals surface area (Å²) in [7, 11) is 0. The average Bonchev–Trinajstić information content (AvgIpc) is 2.71. The van der Waals surface area contributed by atoms with Crippen LogP contribution in [0.15, 0.2) is 24.3 Å². The summed E-state index contributed by atoms with van der Waals surface area (Å²) in [6.45, 7) is 0.831. The molecule has 0 bridgehead atoms. The first kappa shape index (κ1) is 10.5. The second-order valence-electron chi connectivity index (χ2n) is 3.47. The van der Waals surface area contributed by atoms with Gasteiger partial charge in [0.15, 0.2) is 0 Å². The second kappa shape index (κ2) is 4.24. The third kappa shape index (κ3) is 1.85. The van der Waals surface area contributed by atoms with Gasteiger partial charge < -0.3 is 21.1 Å². The Labute approximate surface area is 92.3 Å². The molecule has 0 saturated heterocycles. The first-order valence-corrected chi connectivity index (χ1v) is 5.01. The number of nitrogens with one attached hydrogen (secondary N) is 2. The number of fused-ring (bicyclic) bond motifs is 1. The highest BCUT2D eigenvalue weighted by molar-refractivity contribution is 5.99. The maximum atomic E-state index is 11.6. The van der Waals surface area contributed by atoms with Gasteiger partial charge in [0.1, 0.15) is 11.4 Å². The van der Waals surface area contributed by atoms with Crippen LogP contribution in [0, 0.1) is 0 Å². The van der Waals surface area contributed by atoms with Gasteiger partial charge in [0.2, 0.25) is 0 Å². The van der Waals surface area contributed by atoms with E-state index in [0.717, 1.165) is 5.39 Å². The first-order chi connectivity index (χ1) is 7.72. The van der Waals surface area contributed by atoms with Crippen molar-refractivity contribution in [3.8, 4) is 5.75 Å². The topological polar surface area (TPSA) is 91.1 Å². The normalized spacial score (nSPS) is 10.6. The zero-order valence-electron chi connectivity index (χ0n) is 8.66. The van der Waals surface area contributed by atoms with E-state index in [2.05, 4.69) is 10.3 Å². The van der Waals surface area contributed by atoms with Crippen molar-refractivity contribution in [1.82, 2.24) is 10.3 Å². The van der Waals surface area contributed by atoms with Crippen LogP contribution in [-0.4, -0.2) is 29.1 Å². The number of aromatic amines is 1. The summed E-state index contributed by atoms with van der Waals surface area (Å²) < 4.78 is 0. The van der Waals surface area contributed by atoms with Crippen LogP contribution >= 0.6 is 0 Å². The number of rotatable bonds is 3. The van der Waals surface area contributed by atoms with Crippen molar-refractivity contribution in [2.45, 2.75) is 0 Å². The highest BCUT2D eigenvalue weighted by Crippen LogP contribution is 2.24. The summed E-state index contributed by atoms with van der Waals surface area (Å²) in [5.41, 5.74) is 6.28. The number of phenolic OH excluding ortho intramolecular Hbond substituents is 1. The zero-order valence-corrected chi connectivity index (χ0v) is 8.66. The van der Waals surface area contributed by atoms with E-state index < -0.39 is 0 Å². The number of hydrogen-bond donors (Lipinski definition) is 4. The Hall–Kier alpha value is -2.01. The van der Waals surface area contributed by atoms with Crippen molar-refractivity contribution >= 4 is 16.8 Å². The maximum Gasteiger partial charge on any atom is 0.267 e. The number of aromatic nitrogens is 1. The average molecular weight is 219 g/mol. The molecule has 0 spiro atoms. The molecule has 0 atom stereocenters. The van der Waals surface area contributed by atoms with Crippen molar-refractivity contribution in [3.63, 3.8) is 0 Å². The van der Waals surface area contributed by atoms with Crippen LogP contribution in [0.4, 0.5) is 0 Å². The predicted molar refractivity (Wildman–Crippen MR) is 61.4 cm³/mol. The van der Waals surface area contributed by atoms with Crippen LogP contribution in [0.3, 0.4) is 0 Å². The van der Waals surface area contributed by atoms with Gasteiger partial charge in [0.05, 0.1) is 5.52 Å². The minimum Gasteiger partial charge on any atom is -0.506 e. The van der Waals surface area contributed by atoms with Gasteiger partial charge in [-0.2, -0.15) is 0 Å². The van der Waals surface area contributed by atoms with Crippen molar-refractivity contribution in [1.29, 1.82) is 0 Å². The van der Waals surface area contributed by atoms with Gasteiger partial charge in [0.25, 0.3) is 5.91 Å². The van der Waals surface area contributed by atoms with Crippen LogP contribution in [0.1, 0.15) is 10.5 Å². The Morgan fingerprint density at radius 2 is 2.31 bits per heavy atom. The lowest BCUT2D eigenvalue weighted by molar-refractivity contribution is 0.0950. The molecule has 0 aliphatic carbocycles. The monoisotopic (exact) mass is 219 g/mol. The van der Waals surface area contributed by atoms with Crippen LogP contribution in [-0.2, 0) is 0 Å².